The van der Waals surface area contributed by atoms with Crippen LogP contribution < -0.4 is 0 Å². The number of hydrogen-bond acceptors (Lipinski definition) is 4. The zero-order valence-electron chi connectivity index (χ0n) is 10.6. The molecular formula is C12H15N3O2S2. The largest absolute Gasteiger partial charge is 0.329 e. The Labute approximate surface area is 116 Å². The van der Waals surface area contributed by atoms with Crippen molar-refractivity contribution in [2.75, 3.05) is 11.5 Å². The van der Waals surface area contributed by atoms with Gasteiger partial charge in [-0.1, -0.05) is 0 Å². The molecule has 7 heteroatoms. The third-order valence-electron chi connectivity index (χ3n) is 3.52. The summed E-state index contributed by atoms with van der Waals surface area (Å²) in [6, 6.07) is 3.88. The molecular weight excluding hydrogens is 282 g/mol. The summed E-state index contributed by atoms with van der Waals surface area (Å²) in [5, 5.41) is 0. The first-order valence-electron chi connectivity index (χ1n) is 6.21. The van der Waals surface area contributed by atoms with Crippen molar-refractivity contribution >= 4 is 33.2 Å². The van der Waals surface area contributed by atoms with E-state index in [-0.39, 0.29) is 11.7 Å². The van der Waals surface area contributed by atoms with E-state index in [9.17, 15) is 8.42 Å². The molecule has 2 aromatic heterocycles. The maximum Gasteiger partial charge on any atom is 0.179 e. The molecule has 1 fully saturated rings. The van der Waals surface area contributed by atoms with Crippen LogP contribution >= 0.6 is 12.2 Å². The Hall–Kier alpha value is -1.21. The Morgan fingerprint density at radius 3 is 3.00 bits per heavy atom. The van der Waals surface area contributed by atoms with E-state index in [2.05, 4.69) is 9.97 Å². The quantitative estimate of drug-likeness (QED) is 0.859. The maximum atomic E-state index is 11.5. The molecule has 1 aliphatic rings. The summed E-state index contributed by atoms with van der Waals surface area (Å²) in [6.45, 7) is 2.55. The molecule has 0 amide bonds. The SMILES string of the molecule is Cc1ccc2[nH]c(=S)n(CC3CCS(=O)(=O)C3)c2n1. The number of H-pyrrole nitrogens is 1. The van der Waals surface area contributed by atoms with E-state index in [1.54, 1.807) is 0 Å². The Morgan fingerprint density at radius 2 is 2.32 bits per heavy atom. The van der Waals surface area contributed by atoms with Crippen LogP contribution in [0.15, 0.2) is 12.1 Å². The van der Waals surface area contributed by atoms with Gasteiger partial charge in [0.05, 0.1) is 17.0 Å². The fourth-order valence-electron chi connectivity index (χ4n) is 2.57. The number of sulfone groups is 1. The Bertz CT molecular complexity index is 789. The molecule has 3 rings (SSSR count). The van der Waals surface area contributed by atoms with E-state index in [1.165, 1.54) is 0 Å². The van der Waals surface area contributed by atoms with Gasteiger partial charge in [-0.2, -0.15) is 0 Å². The molecule has 2 aromatic rings. The summed E-state index contributed by atoms with van der Waals surface area (Å²) in [4.78, 5) is 7.61. The Morgan fingerprint density at radius 1 is 1.53 bits per heavy atom. The first-order chi connectivity index (χ1) is 8.94. The van der Waals surface area contributed by atoms with Gasteiger partial charge in [0.1, 0.15) is 0 Å². The summed E-state index contributed by atoms with van der Waals surface area (Å²) in [6.07, 6.45) is 0.711. The molecule has 0 radical (unpaired) electrons. The summed E-state index contributed by atoms with van der Waals surface area (Å²) in [5.41, 5.74) is 2.64. The zero-order valence-corrected chi connectivity index (χ0v) is 12.2. The molecule has 102 valence electrons. The number of nitrogens with zero attached hydrogens (tertiary/aromatic N) is 2. The fourth-order valence-corrected chi connectivity index (χ4v) is 4.69. The zero-order chi connectivity index (χ0) is 13.6. The van der Waals surface area contributed by atoms with E-state index >= 15 is 0 Å². The van der Waals surface area contributed by atoms with Gasteiger partial charge < -0.3 is 9.55 Å². The van der Waals surface area contributed by atoms with E-state index < -0.39 is 9.84 Å². The van der Waals surface area contributed by atoms with E-state index in [4.69, 9.17) is 12.2 Å². The van der Waals surface area contributed by atoms with Gasteiger partial charge in [-0.3, -0.25) is 0 Å². The van der Waals surface area contributed by atoms with Crippen LogP contribution in [0, 0.1) is 17.6 Å². The molecule has 0 aliphatic carbocycles. The predicted octanol–water partition coefficient (Wildman–Crippen LogP) is 1.84. The fraction of sp³-hybridized carbons (Fsp3) is 0.500. The van der Waals surface area contributed by atoms with Crippen LogP contribution in [-0.4, -0.2) is 34.5 Å². The molecule has 0 aromatic carbocycles. The van der Waals surface area contributed by atoms with Gasteiger partial charge in [-0.15, -0.1) is 0 Å². The van der Waals surface area contributed by atoms with Crippen LogP contribution in [0.5, 0.6) is 0 Å². The summed E-state index contributed by atoms with van der Waals surface area (Å²) < 4.78 is 25.6. The second-order valence-electron chi connectivity index (χ2n) is 5.13. The van der Waals surface area contributed by atoms with Crippen LogP contribution in [0.1, 0.15) is 12.1 Å². The molecule has 1 unspecified atom stereocenters. The van der Waals surface area contributed by atoms with E-state index in [1.807, 2.05) is 23.6 Å². The van der Waals surface area contributed by atoms with Crippen molar-refractivity contribution in [3.05, 3.63) is 22.6 Å². The average Bonchev–Trinajstić information content (AvgIpc) is 2.81. The van der Waals surface area contributed by atoms with Gasteiger partial charge in [0.2, 0.25) is 0 Å². The first kappa shape index (κ1) is 12.8. The van der Waals surface area contributed by atoms with Crippen molar-refractivity contribution in [2.45, 2.75) is 19.9 Å². The minimum atomic E-state index is -2.85. The van der Waals surface area contributed by atoms with Gasteiger partial charge in [-0.25, -0.2) is 13.4 Å². The average molecular weight is 297 g/mol. The second-order valence-corrected chi connectivity index (χ2v) is 7.75. The molecule has 0 saturated carbocycles. The third-order valence-corrected chi connectivity index (χ3v) is 5.68. The number of aryl methyl sites for hydroxylation is 1. The first-order valence-corrected chi connectivity index (χ1v) is 8.44. The Kier molecular flexibility index (Phi) is 2.98. The number of rotatable bonds is 2. The predicted molar refractivity (Wildman–Crippen MR) is 76.4 cm³/mol. The standard InChI is InChI=1S/C12H15N3O2S2/c1-8-2-3-10-11(13-8)15(12(18)14-10)6-9-4-5-19(16,17)7-9/h2-3,9H,4-7H2,1H3,(H,14,18). The molecule has 0 bridgehead atoms. The molecule has 3 heterocycles. The topological polar surface area (TPSA) is 67.8 Å². The summed E-state index contributed by atoms with van der Waals surface area (Å²) in [7, 11) is -2.85. The highest BCUT2D eigenvalue weighted by molar-refractivity contribution is 7.91. The molecule has 5 nitrogen and oxygen atoms in total. The molecule has 1 atom stereocenters. The maximum absolute atomic E-state index is 11.5. The van der Waals surface area contributed by atoms with Gasteiger partial charge in [0.15, 0.2) is 20.3 Å². The van der Waals surface area contributed by atoms with E-state index in [0.29, 0.717) is 23.5 Å². The van der Waals surface area contributed by atoms with Crippen molar-refractivity contribution < 1.29 is 8.42 Å². The minimum absolute atomic E-state index is 0.137. The minimum Gasteiger partial charge on any atom is -0.329 e. The highest BCUT2D eigenvalue weighted by atomic mass is 32.2. The molecule has 1 N–H and O–H groups in total. The number of fused-ring (bicyclic) bond motifs is 1. The molecule has 19 heavy (non-hydrogen) atoms. The molecule has 1 saturated heterocycles. The lowest BCUT2D eigenvalue weighted by Crippen LogP contribution is -2.13. The second kappa shape index (κ2) is 4.42. The van der Waals surface area contributed by atoms with Crippen molar-refractivity contribution in [2.24, 2.45) is 5.92 Å². The van der Waals surface area contributed by atoms with Crippen LogP contribution in [0.3, 0.4) is 0 Å². The van der Waals surface area contributed by atoms with Gasteiger partial charge in [0, 0.05) is 12.2 Å². The van der Waals surface area contributed by atoms with Gasteiger partial charge in [0.25, 0.3) is 0 Å². The van der Waals surface area contributed by atoms with E-state index in [0.717, 1.165) is 16.9 Å². The summed E-state index contributed by atoms with van der Waals surface area (Å²) in [5.74, 6) is 0.686. The van der Waals surface area contributed by atoms with Crippen molar-refractivity contribution in [3.63, 3.8) is 0 Å². The number of hydrogen-bond donors (Lipinski definition) is 1. The lowest BCUT2D eigenvalue weighted by molar-refractivity contribution is 0.493. The van der Waals surface area contributed by atoms with Gasteiger partial charge in [-0.05, 0) is 43.6 Å². The monoisotopic (exact) mass is 297 g/mol. The van der Waals surface area contributed by atoms with Crippen LogP contribution in [-0.2, 0) is 16.4 Å². The smallest absolute Gasteiger partial charge is 0.179 e. The highest BCUT2D eigenvalue weighted by Crippen LogP contribution is 2.22. The van der Waals surface area contributed by atoms with Crippen LogP contribution in [0.4, 0.5) is 0 Å². The normalized spacial score (nSPS) is 22.1. The number of aromatic nitrogens is 3. The lowest BCUT2D eigenvalue weighted by Gasteiger charge is -2.09. The van der Waals surface area contributed by atoms with Crippen LogP contribution in [0.25, 0.3) is 11.2 Å². The van der Waals surface area contributed by atoms with Crippen molar-refractivity contribution in [1.82, 2.24) is 14.5 Å². The number of pyridine rings is 1. The van der Waals surface area contributed by atoms with Gasteiger partial charge >= 0.3 is 0 Å². The number of imidazole rings is 1. The third kappa shape index (κ3) is 2.44. The molecule has 0 spiro atoms. The highest BCUT2D eigenvalue weighted by Gasteiger charge is 2.28. The summed E-state index contributed by atoms with van der Waals surface area (Å²) >= 11 is 5.31. The van der Waals surface area contributed by atoms with Crippen molar-refractivity contribution in [1.29, 1.82) is 0 Å². The van der Waals surface area contributed by atoms with Crippen molar-refractivity contribution in [3.8, 4) is 0 Å². The Balaban J connectivity index is 1.99. The number of nitrogens with one attached hydrogen (secondary N) is 1. The molecule has 1 aliphatic heterocycles. The number of aromatic amines is 1. The van der Waals surface area contributed by atoms with Crippen LogP contribution in [0.2, 0.25) is 0 Å². The lowest BCUT2D eigenvalue weighted by atomic mass is 10.1.